The van der Waals surface area contributed by atoms with E-state index in [-0.39, 0.29) is 10.8 Å². The molecule has 0 bridgehead atoms. The van der Waals surface area contributed by atoms with Crippen molar-refractivity contribution in [2.24, 2.45) is 0 Å². The van der Waals surface area contributed by atoms with Crippen LogP contribution >= 0.6 is 0 Å². The van der Waals surface area contributed by atoms with Crippen molar-refractivity contribution in [1.29, 1.82) is 0 Å². The smallest absolute Gasteiger partial charge is 0.253 e. The Morgan fingerprint density at radius 3 is 2.21 bits per heavy atom. The van der Waals surface area contributed by atoms with Gasteiger partial charge in [-0.1, -0.05) is 25.0 Å². The van der Waals surface area contributed by atoms with Gasteiger partial charge in [-0.3, -0.25) is 4.79 Å². The first-order chi connectivity index (χ1) is 16.0. The number of carbonyl (C=O) groups excluding carboxylic acids is 1. The molecule has 174 valence electrons. The number of rotatable bonds is 4. The van der Waals surface area contributed by atoms with Crippen molar-refractivity contribution in [3.8, 4) is 0 Å². The molecule has 7 nitrogen and oxygen atoms in total. The van der Waals surface area contributed by atoms with E-state index in [9.17, 15) is 13.2 Å². The summed E-state index contributed by atoms with van der Waals surface area (Å²) in [5, 5.41) is 0. The average Bonchev–Trinajstić information content (AvgIpc) is 3.09. The Balaban J connectivity index is 1.23. The van der Waals surface area contributed by atoms with Crippen LogP contribution in [0.25, 0.3) is 11.0 Å². The molecule has 8 heteroatoms. The highest BCUT2D eigenvalue weighted by Crippen LogP contribution is 2.29. The summed E-state index contributed by atoms with van der Waals surface area (Å²) < 4.78 is 27.5. The first kappa shape index (κ1) is 22.1. The van der Waals surface area contributed by atoms with Gasteiger partial charge < -0.3 is 9.88 Å². The summed E-state index contributed by atoms with van der Waals surface area (Å²) in [6, 6.07) is 14.5. The Kier molecular flexibility index (Phi) is 6.21. The van der Waals surface area contributed by atoms with Gasteiger partial charge in [0.1, 0.15) is 5.82 Å². The van der Waals surface area contributed by atoms with E-state index in [2.05, 4.69) is 4.98 Å². The van der Waals surface area contributed by atoms with Gasteiger partial charge in [-0.2, -0.15) is 4.31 Å². The maximum Gasteiger partial charge on any atom is 0.253 e. The third-order valence-corrected chi connectivity index (χ3v) is 8.79. The normalized spacial score (nSPS) is 19.0. The zero-order valence-corrected chi connectivity index (χ0v) is 19.6. The quantitative estimate of drug-likeness (QED) is 0.626. The summed E-state index contributed by atoms with van der Waals surface area (Å²) in [6.07, 6.45) is 5.67. The molecule has 0 aliphatic carbocycles. The first-order valence-corrected chi connectivity index (χ1v) is 13.3. The number of fused-ring (bicyclic) bond motifs is 1. The predicted octanol–water partition coefficient (Wildman–Crippen LogP) is 4.15. The molecule has 2 fully saturated rings. The Labute approximate surface area is 194 Å². The van der Waals surface area contributed by atoms with Gasteiger partial charge in [0.05, 0.1) is 15.9 Å². The van der Waals surface area contributed by atoms with Crippen LogP contribution in [0.15, 0.2) is 53.4 Å². The number of carbonyl (C=O) groups is 1. The van der Waals surface area contributed by atoms with Crippen molar-refractivity contribution in [2.75, 3.05) is 26.2 Å². The minimum absolute atomic E-state index is 0.0447. The van der Waals surface area contributed by atoms with Crippen molar-refractivity contribution >= 4 is 27.0 Å². The van der Waals surface area contributed by atoms with Gasteiger partial charge in [0, 0.05) is 37.7 Å². The van der Waals surface area contributed by atoms with Gasteiger partial charge in [-0.15, -0.1) is 0 Å². The van der Waals surface area contributed by atoms with Gasteiger partial charge >= 0.3 is 0 Å². The number of hydrogen-bond acceptors (Lipinski definition) is 4. The summed E-state index contributed by atoms with van der Waals surface area (Å²) >= 11 is 0. The minimum atomic E-state index is -3.50. The molecule has 1 amide bonds. The number of amides is 1. The average molecular weight is 467 g/mol. The molecule has 33 heavy (non-hydrogen) atoms. The van der Waals surface area contributed by atoms with Gasteiger partial charge in [0.2, 0.25) is 10.0 Å². The van der Waals surface area contributed by atoms with Crippen molar-refractivity contribution in [1.82, 2.24) is 19.2 Å². The lowest BCUT2D eigenvalue weighted by Crippen LogP contribution is -2.38. The number of nitrogens with zero attached hydrogens (tertiary/aromatic N) is 3. The molecule has 2 aliphatic heterocycles. The topological polar surface area (TPSA) is 86.4 Å². The molecule has 0 atom stereocenters. The molecule has 0 spiro atoms. The summed E-state index contributed by atoms with van der Waals surface area (Å²) in [5.41, 5.74) is 2.55. The number of nitrogens with one attached hydrogen (secondary N) is 1. The second kappa shape index (κ2) is 9.27. The molecule has 0 saturated carbocycles. The molecule has 0 radical (unpaired) electrons. The largest absolute Gasteiger partial charge is 0.342 e. The number of H-pyrrole nitrogens is 1. The van der Waals surface area contributed by atoms with E-state index in [1.165, 1.54) is 0 Å². The molecule has 2 aromatic carbocycles. The van der Waals surface area contributed by atoms with Crippen molar-refractivity contribution in [3.63, 3.8) is 0 Å². The van der Waals surface area contributed by atoms with E-state index >= 15 is 0 Å². The van der Waals surface area contributed by atoms with Gasteiger partial charge in [-0.25, -0.2) is 13.4 Å². The molecule has 1 aromatic heterocycles. The zero-order valence-electron chi connectivity index (χ0n) is 18.7. The van der Waals surface area contributed by atoms with Crippen LogP contribution in [0, 0.1) is 0 Å². The van der Waals surface area contributed by atoms with Gasteiger partial charge in [0.15, 0.2) is 0 Å². The van der Waals surface area contributed by atoms with Crippen LogP contribution in [0.3, 0.4) is 0 Å². The third kappa shape index (κ3) is 4.54. The number of sulfonamides is 1. The lowest BCUT2D eigenvalue weighted by atomic mass is 9.95. The number of para-hydroxylation sites is 2. The second-order valence-corrected chi connectivity index (χ2v) is 11.0. The Hall–Kier alpha value is -2.71. The van der Waals surface area contributed by atoms with Crippen LogP contribution in [-0.2, 0) is 10.0 Å². The number of hydrogen-bond donors (Lipinski definition) is 1. The molecule has 3 aromatic rings. The maximum atomic E-state index is 13.0. The van der Waals surface area contributed by atoms with Crippen LogP contribution in [0.1, 0.15) is 60.6 Å². The highest BCUT2D eigenvalue weighted by molar-refractivity contribution is 7.89. The molecule has 5 rings (SSSR count). The fourth-order valence-corrected chi connectivity index (χ4v) is 6.42. The minimum Gasteiger partial charge on any atom is -0.342 e. The van der Waals surface area contributed by atoms with E-state index in [0.717, 1.165) is 55.4 Å². The predicted molar refractivity (Wildman–Crippen MR) is 128 cm³/mol. The number of piperidine rings is 1. The molecular weight excluding hydrogens is 436 g/mol. The van der Waals surface area contributed by atoms with E-state index in [1.54, 1.807) is 28.6 Å². The van der Waals surface area contributed by atoms with Crippen molar-refractivity contribution in [3.05, 3.63) is 59.9 Å². The highest BCUT2D eigenvalue weighted by Gasteiger charge is 2.28. The standard InChI is InChI=1S/C25H30N4O3S/c30-25(20-9-11-21(12-10-20)33(31,32)29-15-5-1-2-6-16-29)28-17-13-19(14-18-28)24-26-22-7-3-4-8-23(22)27-24/h3-4,7-12,19H,1-2,5-6,13-18H2,(H,26,27). The van der Waals surface area contributed by atoms with E-state index in [4.69, 9.17) is 4.98 Å². The summed E-state index contributed by atoms with van der Waals surface area (Å²) in [4.78, 5) is 23.3. The fourth-order valence-electron chi connectivity index (χ4n) is 4.91. The Morgan fingerprint density at radius 1 is 0.879 bits per heavy atom. The SMILES string of the molecule is O=C(c1ccc(S(=O)(=O)N2CCCCCC2)cc1)N1CCC(c2nc3ccccc3[nH]2)CC1. The number of imidazole rings is 1. The first-order valence-electron chi connectivity index (χ1n) is 11.9. The van der Waals surface area contributed by atoms with Crippen molar-refractivity contribution in [2.45, 2.75) is 49.3 Å². The highest BCUT2D eigenvalue weighted by atomic mass is 32.2. The molecule has 1 N–H and O–H groups in total. The molecule has 0 unspecified atom stereocenters. The zero-order chi connectivity index (χ0) is 22.8. The fraction of sp³-hybridized carbons (Fsp3) is 0.440. The molecule has 2 saturated heterocycles. The Bertz CT molecular complexity index is 1190. The number of likely N-dealkylation sites (tertiary alicyclic amines) is 1. The number of aromatic nitrogens is 2. The van der Waals surface area contributed by atoms with Crippen molar-refractivity contribution < 1.29 is 13.2 Å². The van der Waals surface area contributed by atoms with Gasteiger partial charge in [-0.05, 0) is 62.1 Å². The van der Waals surface area contributed by atoms with Crippen LogP contribution < -0.4 is 0 Å². The van der Waals surface area contributed by atoms with E-state index < -0.39 is 10.0 Å². The summed E-state index contributed by atoms with van der Waals surface area (Å²) in [7, 11) is -3.50. The third-order valence-electron chi connectivity index (χ3n) is 6.88. The second-order valence-electron chi connectivity index (χ2n) is 9.05. The number of benzene rings is 2. The molecule has 3 heterocycles. The monoisotopic (exact) mass is 466 g/mol. The maximum absolute atomic E-state index is 13.0. The van der Waals surface area contributed by atoms with Crippen LogP contribution in [0.2, 0.25) is 0 Å². The summed E-state index contributed by atoms with van der Waals surface area (Å²) in [5.74, 6) is 1.26. The van der Waals surface area contributed by atoms with Crippen LogP contribution in [-0.4, -0.2) is 59.7 Å². The van der Waals surface area contributed by atoms with Gasteiger partial charge in [0.25, 0.3) is 5.91 Å². The molecular formula is C25H30N4O3S. The van der Waals surface area contributed by atoms with E-state index in [0.29, 0.717) is 37.7 Å². The lowest BCUT2D eigenvalue weighted by molar-refractivity contribution is 0.0711. The van der Waals surface area contributed by atoms with E-state index in [1.807, 2.05) is 29.2 Å². The molecule has 2 aliphatic rings. The Morgan fingerprint density at radius 2 is 1.55 bits per heavy atom. The number of aromatic amines is 1. The summed E-state index contributed by atoms with van der Waals surface area (Å²) in [6.45, 7) is 2.47. The lowest BCUT2D eigenvalue weighted by Gasteiger charge is -2.31. The van der Waals surface area contributed by atoms with Crippen LogP contribution in [0.5, 0.6) is 0 Å². The van der Waals surface area contributed by atoms with Crippen LogP contribution in [0.4, 0.5) is 0 Å².